The SMILES string of the molecule is CCC(C)N1C(=O)CC(NC(C)c2cn[nH]c2)C1=O. The molecule has 0 aliphatic carbocycles. The van der Waals surface area contributed by atoms with Crippen molar-refractivity contribution in [2.45, 2.75) is 51.7 Å². The normalized spacial score (nSPS) is 22.9. The molecule has 6 nitrogen and oxygen atoms in total. The van der Waals surface area contributed by atoms with Crippen molar-refractivity contribution in [1.29, 1.82) is 0 Å². The monoisotopic (exact) mass is 264 g/mol. The highest BCUT2D eigenvalue weighted by Gasteiger charge is 2.40. The van der Waals surface area contributed by atoms with E-state index >= 15 is 0 Å². The quantitative estimate of drug-likeness (QED) is 0.777. The number of H-pyrrole nitrogens is 1. The fraction of sp³-hybridized carbons (Fsp3) is 0.615. The number of hydrogen-bond donors (Lipinski definition) is 2. The average Bonchev–Trinajstić information content (AvgIpc) is 2.98. The Bertz CT molecular complexity index is 457. The number of aromatic amines is 1. The summed E-state index contributed by atoms with van der Waals surface area (Å²) in [4.78, 5) is 25.5. The Morgan fingerprint density at radius 3 is 2.84 bits per heavy atom. The maximum atomic E-state index is 12.2. The lowest BCUT2D eigenvalue weighted by atomic mass is 10.1. The van der Waals surface area contributed by atoms with Crippen LogP contribution in [0.3, 0.4) is 0 Å². The molecule has 19 heavy (non-hydrogen) atoms. The Kier molecular flexibility index (Phi) is 3.99. The third kappa shape index (κ3) is 2.68. The minimum absolute atomic E-state index is 0.0163. The third-order valence-electron chi connectivity index (χ3n) is 3.69. The topological polar surface area (TPSA) is 78.1 Å². The van der Waals surface area contributed by atoms with Gasteiger partial charge in [0, 0.05) is 23.8 Å². The van der Waals surface area contributed by atoms with Crippen LogP contribution < -0.4 is 5.32 Å². The van der Waals surface area contributed by atoms with E-state index in [4.69, 9.17) is 0 Å². The van der Waals surface area contributed by atoms with Gasteiger partial charge in [0.05, 0.1) is 18.7 Å². The fourth-order valence-corrected chi connectivity index (χ4v) is 2.32. The summed E-state index contributed by atoms with van der Waals surface area (Å²) in [6.07, 6.45) is 4.52. The summed E-state index contributed by atoms with van der Waals surface area (Å²) in [5.74, 6) is -0.203. The number of carbonyl (C=O) groups excluding carboxylic acids is 2. The van der Waals surface area contributed by atoms with E-state index in [9.17, 15) is 9.59 Å². The second-order valence-corrected chi connectivity index (χ2v) is 5.04. The summed E-state index contributed by atoms with van der Waals surface area (Å²) in [5, 5.41) is 9.82. The highest BCUT2D eigenvalue weighted by atomic mass is 16.2. The molecule has 6 heteroatoms. The first-order chi connectivity index (χ1) is 9.04. The molecule has 0 aromatic carbocycles. The first-order valence-corrected chi connectivity index (χ1v) is 6.65. The molecule has 2 heterocycles. The molecule has 2 N–H and O–H groups in total. The van der Waals surface area contributed by atoms with E-state index in [-0.39, 0.29) is 30.3 Å². The Balaban J connectivity index is 2.03. The van der Waals surface area contributed by atoms with Gasteiger partial charge in [0.25, 0.3) is 0 Å². The summed E-state index contributed by atoms with van der Waals surface area (Å²) in [5.41, 5.74) is 0.974. The minimum atomic E-state index is -0.425. The molecular weight excluding hydrogens is 244 g/mol. The number of nitrogens with one attached hydrogen (secondary N) is 2. The lowest BCUT2D eigenvalue weighted by molar-refractivity contribution is -0.141. The van der Waals surface area contributed by atoms with Crippen molar-refractivity contribution in [3.05, 3.63) is 18.0 Å². The average molecular weight is 264 g/mol. The summed E-state index contributed by atoms with van der Waals surface area (Å²) in [6, 6.07) is -0.472. The van der Waals surface area contributed by atoms with Crippen molar-refractivity contribution >= 4 is 11.8 Å². The molecule has 2 amide bonds. The molecule has 1 aromatic heterocycles. The Labute approximate surface area is 112 Å². The predicted octanol–water partition coefficient (Wildman–Crippen LogP) is 0.986. The predicted molar refractivity (Wildman–Crippen MR) is 70.1 cm³/mol. The number of imide groups is 1. The van der Waals surface area contributed by atoms with Gasteiger partial charge in [0.1, 0.15) is 0 Å². The molecule has 0 bridgehead atoms. The van der Waals surface area contributed by atoms with Crippen LogP contribution in [0.4, 0.5) is 0 Å². The molecule has 2 rings (SSSR count). The zero-order valence-corrected chi connectivity index (χ0v) is 11.5. The van der Waals surface area contributed by atoms with Crippen LogP contribution in [0.15, 0.2) is 12.4 Å². The fourth-order valence-electron chi connectivity index (χ4n) is 2.32. The Hall–Kier alpha value is -1.69. The number of amides is 2. The Morgan fingerprint density at radius 1 is 1.53 bits per heavy atom. The molecular formula is C13H20N4O2. The third-order valence-corrected chi connectivity index (χ3v) is 3.69. The van der Waals surface area contributed by atoms with Gasteiger partial charge in [0.2, 0.25) is 11.8 Å². The van der Waals surface area contributed by atoms with Gasteiger partial charge >= 0.3 is 0 Å². The van der Waals surface area contributed by atoms with E-state index < -0.39 is 6.04 Å². The van der Waals surface area contributed by atoms with E-state index in [1.165, 1.54) is 4.90 Å². The number of nitrogens with zero attached hydrogens (tertiary/aromatic N) is 2. The van der Waals surface area contributed by atoms with Crippen molar-refractivity contribution in [1.82, 2.24) is 20.4 Å². The number of rotatable bonds is 5. The van der Waals surface area contributed by atoms with Gasteiger partial charge in [-0.15, -0.1) is 0 Å². The lowest BCUT2D eigenvalue weighted by Gasteiger charge is -2.22. The van der Waals surface area contributed by atoms with Crippen LogP contribution in [-0.2, 0) is 9.59 Å². The number of carbonyl (C=O) groups is 2. The first-order valence-electron chi connectivity index (χ1n) is 6.65. The lowest BCUT2D eigenvalue weighted by Crippen LogP contribution is -2.43. The zero-order valence-electron chi connectivity index (χ0n) is 11.5. The molecule has 0 saturated carbocycles. The molecule has 0 spiro atoms. The van der Waals surface area contributed by atoms with Gasteiger partial charge in [0.15, 0.2) is 0 Å². The van der Waals surface area contributed by atoms with E-state index in [2.05, 4.69) is 15.5 Å². The molecule has 1 aliphatic heterocycles. The van der Waals surface area contributed by atoms with Crippen LogP contribution in [0, 0.1) is 0 Å². The van der Waals surface area contributed by atoms with Gasteiger partial charge in [-0.25, -0.2) is 0 Å². The second kappa shape index (κ2) is 5.52. The maximum absolute atomic E-state index is 12.2. The van der Waals surface area contributed by atoms with Gasteiger partial charge in [-0.1, -0.05) is 6.92 Å². The summed E-state index contributed by atoms with van der Waals surface area (Å²) in [7, 11) is 0. The van der Waals surface area contributed by atoms with E-state index in [0.717, 1.165) is 12.0 Å². The maximum Gasteiger partial charge on any atom is 0.247 e. The van der Waals surface area contributed by atoms with Gasteiger partial charge in [-0.3, -0.25) is 24.9 Å². The van der Waals surface area contributed by atoms with E-state index in [1.54, 1.807) is 12.4 Å². The van der Waals surface area contributed by atoms with Crippen LogP contribution in [0.2, 0.25) is 0 Å². The smallest absolute Gasteiger partial charge is 0.247 e. The number of aromatic nitrogens is 2. The number of likely N-dealkylation sites (tertiary alicyclic amines) is 1. The molecule has 104 valence electrons. The molecule has 1 aliphatic rings. The van der Waals surface area contributed by atoms with Crippen molar-refractivity contribution in [2.24, 2.45) is 0 Å². The number of hydrogen-bond acceptors (Lipinski definition) is 4. The van der Waals surface area contributed by atoms with Gasteiger partial charge < -0.3 is 0 Å². The van der Waals surface area contributed by atoms with Crippen molar-refractivity contribution in [2.75, 3.05) is 0 Å². The summed E-state index contributed by atoms with van der Waals surface area (Å²) >= 11 is 0. The van der Waals surface area contributed by atoms with E-state index in [1.807, 2.05) is 20.8 Å². The van der Waals surface area contributed by atoms with Crippen molar-refractivity contribution in [3.8, 4) is 0 Å². The van der Waals surface area contributed by atoms with E-state index in [0.29, 0.717) is 0 Å². The van der Waals surface area contributed by atoms with Crippen LogP contribution in [0.25, 0.3) is 0 Å². The van der Waals surface area contributed by atoms with Crippen molar-refractivity contribution in [3.63, 3.8) is 0 Å². The molecule has 0 radical (unpaired) electrons. The van der Waals surface area contributed by atoms with Crippen LogP contribution >= 0.6 is 0 Å². The van der Waals surface area contributed by atoms with Crippen LogP contribution in [0.5, 0.6) is 0 Å². The van der Waals surface area contributed by atoms with Gasteiger partial charge in [-0.2, -0.15) is 5.10 Å². The summed E-state index contributed by atoms with van der Waals surface area (Å²) in [6.45, 7) is 5.83. The second-order valence-electron chi connectivity index (χ2n) is 5.04. The largest absolute Gasteiger partial charge is 0.299 e. The van der Waals surface area contributed by atoms with Crippen LogP contribution in [0.1, 0.15) is 45.2 Å². The zero-order chi connectivity index (χ0) is 14.0. The first kappa shape index (κ1) is 13.7. The highest BCUT2D eigenvalue weighted by Crippen LogP contribution is 2.21. The Morgan fingerprint density at radius 2 is 2.26 bits per heavy atom. The summed E-state index contributed by atoms with van der Waals surface area (Å²) < 4.78 is 0. The van der Waals surface area contributed by atoms with Gasteiger partial charge in [-0.05, 0) is 20.3 Å². The van der Waals surface area contributed by atoms with Crippen molar-refractivity contribution < 1.29 is 9.59 Å². The molecule has 3 unspecified atom stereocenters. The molecule has 1 fully saturated rings. The minimum Gasteiger partial charge on any atom is -0.299 e. The molecule has 3 atom stereocenters. The highest BCUT2D eigenvalue weighted by molar-refractivity contribution is 6.05. The molecule has 1 aromatic rings. The molecule has 1 saturated heterocycles. The van der Waals surface area contributed by atoms with Crippen LogP contribution in [-0.4, -0.2) is 39.0 Å². The standard InChI is InChI=1S/C13H20N4O2/c1-4-8(2)17-12(18)5-11(13(17)19)16-9(3)10-6-14-15-7-10/h6-9,11,16H,4-5H2,1-3H3,(H,14,15).